The molecule has 0 amide bonds. The molecule has 1 aromatic rings. The van der Waals surface area contributed by atoms with Crippen molar-refractivity contribution < 1.29 is 47.8 Å². The fourth-order valence-corrected chi connectivity index (χ4v) is 0.769. The quantitative estimate of drug-likeness (QED) is 0.432. The number of hydrogen-bond acceptors (Lipinski definition) is 4. The van der Waals surface area contributed by atoms with Crippen LogP contribution in [0.1, 0.15) is 5.01 Å². The second kappa shape index (κ2) is 3.70. The fraction of sp³-hybridized carbons (Fsp3) is 0.333. The Morgan fingerprint density at radius 1 is 1.27 bits per heavy atom. The third kappa shape index (κ3) is 2.94. The van der Waals surface area contributed by atoms with Crippen molar-refractivity contribution in [3.63, 3.8) is 0 Å². The molecule has 1 aromatic heterocycles. The van der Waals surface area contributed by atoms with Crippen molar-refractivity contribution in [1.82, 2.24) is 10.2 Å². The van der Waals surface area contributed by atoms with Gasteiger partial charge in [-0.15, -0.1) is 16.4 Å². The monoisotopic (exact) mass is 192 g/mol. The third-order valence-corrected chi connectivity index (χ3v) is 1.41. The molecule has 1 heterocycles. The molecule has 0 atom stereocenters. The molecule has 0 bridgehead atoms. The fourth-order valence-electron chi connectivity index (χ4n) is 0.324. The van der Waals surface area contributed by atoms with Gasteiger partial charge in [0.25, 0.3) is 0 Å². The summed E-state index contributed by atoms with van der Waals surface area (Å²) in [6, 6.07) is 0. The Bertz CT molecular complexity index is 237. The molecule has 0 aromatic carbocycles. The Hall–Kier alpha value is 0.150. The molecule has 0 fully saturated rings. The minimum absolute atomic E-state index is 0. The number of halogens is 3. The molecular formula is C3F3N2NaOS. The third-order valence-electron chi connectivity index (χ3n) is 0.649. The van der Waals surface area contributed by atoms with Crippen LogP contribution in [0.4, 0.5) is 13.2 Å². The predicted molar refractivity (Wildman–Crippen MR) is 24.4 cm³/mol. The average Bonchev–Trinajstić information content (AvgIpc) is 2.11. The Morgan fingerprint density at radius 2 is 1.82 bits per heavy atom. The van der Waals surface area contributed by atoms with Crippen LogP contribution in [0.3, 0.4) is 0 Å². The van der Waals surface area contributed by atoms with Crippen molar-refractivity contribution >= 4 is 11.3 Å². The Balaban J connectivity index is 0.000001000. The maximum atomic E-state index is 11.6. The van der Waals surface area contributed by atoms with Crippen molar-refractivity contribution in [1.29, 1.82) is 0 Å². The van der Waals surface area contributed by atoms with Crippen LogP contribution in [0, 0.1) is 0 Å². The second-order valence-corrected chi connectivity index (χ2v) is 2.31. The minimum atomic E-state index is -4.54. The summed E-state index contributed by atoms with van der Waals surface area (Å²) in [7, 11) is 0. The van der Waals surface area contributed by atoms with Crippen LogP contribution in [0.25, 0.3) is 0 Å². The van der Waals surface area contributed by atoms with E-state index in [1.807, 2.05) is 0 Å². The van der Waals surface area contributed by atoms with Crippen LogP contribution in [0.5, 0.6) is 5.19 Å². The molecule has 0 aliphatic carbocycles. The second-order valence-electron chi connectivity index (χ2n) is 1.37. The van der Waals surface area contributed by atoms with E-state index in [2.05, 4.69) is 10.2 Å². The maximum absolute atomic E-state index is 11.6. The summed E-state index contributed by atoms with van der Waals surface area (Å²) in [5, 5.41) is 13.3. The van der Waals surface area contributed by atoms with Crippen LogP contribution in [-0.4, -0.2) is 10.2 Å². The molecule has 1 rings (SSSR count). The van der Waals surface area contributed by atoms with Gasteiger partial charge < -0.3 is 5.11 Å². The van der Waals surface area contributed by atoms with Gasteiger partial charge in [0.05, 0.1) is 5.19 Å². The standard InChI is InChI=1S/C3HF3N2OS.Na/c4-3(5,6)1-7-8-2(9)10-1;/h(H,8,9);/q;+1/p-1. The Labute approximate surface area is 85.5 Å². The number of hydrogen-bond donors (Lipinski definition) is 0. The van der Waals surface area contributed by atoms with E-state index in [0.29, 0.717) is 0 Å². The first-order valence-corrected chi connectivity index (χ1v) is 2.89. The van der Waals surface area contributed by atoms with Crippen LogP contribution in [0.2, 0.25) is 0 Å². The van der Waals surface area contributed by atoms with Gasteiger partial charge in [0, 0.05) is 0 Å². The van der Waals surface area contributed by atoms with E-state index in [9.17, 15) is 18.3 Å². The summed E-state index contributed by atoms with van der Waals surface area (Å²) in [6.07, 6.45) is -4.54. The summed E-state index contributed by atoms with van der Waals surface area (Å²) < 4.78 is 34.7. The molecular weight excluding hydrogens is 192 g/mol. The van der Waals surface area contributed by atoms with Gasteiger partial charge in [0.1, 0.15) is 0 Å². The maximum Gasteiger partial charge on any atom is 1.00 e. The molecule has 56 valence electrons. The zero-order valence-corrected chi connectivity index (χ0v) is 8.16. The normalized spacial score (nSPS) is 10.8. The largest absolute Gasteiger partial charge is 1.00 e. The minimum Gasteiger partial charge on any atom is -0.850 e. The first-order chi connectivity index (χ1) is 4.50. The molecule has 0 radical (unpaired) electrons. The van der Waals surface area contributed by atoms with Gasteiger partial charge in [-0.3, -0.25) is 0 Å². The zero-order chi connectivity index (χ0) is 7.78. The van der Waals surface area contributed by atoms with Crippen molar-refractivity contribution in [3.8, 4) is 5.19 Å². The van der Waals surface area contributed by atoms with Crippen LogP contribution in [0.15, 0.2) is 0 Å². The molecule has 0 spiro atoms. The van der Waals surface area contributed by atoms with Gasteiger partial charge in [-0.25, -0.2) is 0 Å². The first-order valence-electron chi connectivity index (χ1n) is 2.08. The zero-order valence-electron chi connectivity index (χ0n) is 5.34. The SMILES string of the molecule is [Na+].[O-]c1nnc(C(F)(F)F)s1. The van der Waals surface area contributed by atoms with Crippen molar-refractivity contribution in [3.05, 3.63) is 5.01 Å². The van der Waals surface area contributed by atoms with Gasteiger partial charge in [-0.05, 0) is 0 Å². The van der Waals surface area contributed by atoms with Crippen LogP contribution in [-0.2, 0) is 6.18 Å². The topological polar surface area (TPSA) is 48.8 Å². The molecule has 11 heavy (non-hydrogen) atoms. The summed E-state index contributed by atoms with van der Waals surface area (Å²) in [5.41, 5.74) is 0. The van der Waals surface area contributed by atoms with Crippen molar-refractivity contribution in [2.45, 2.75) is 6.18 Å². The Morgan fingerprint density at radius 3 is 2.00 bits per heavy atom. The Kier molecular flexibility index (Phi) is 3.75. The number of alkyl halides is 3. The van der Waals surface area contributed by atoms with Crippen molar-refractivity contribution in [2.24, 2.45) is 0 Å². The molecule has 0 unspecified atom stereocenters. The van der Waals surface area contributed by atoms with Gasteiger partial charge >= 0.3 is 35.7 Å². The van der Waals surface area contributed by atoms with Gasteiger partial charge in [-0.1, -0.05) is 0 Å². The van der Waals surface area contributed by atoms with E-state index >= 15 is 0 Å². The predicted octanol–water partition coefficient (Wildman–Crippen LogP) is -2.37. The van der Waals surface area contributed by atoms with Crippen LogP contribution < -0.4 is 34.7 Å². The van der Waals surface area contributed by atoms with Gasteiger partial charge in [0.15, 0.2) is 0 Å². The summed E-state index contributed by atoms with van der Waals surface area (Å²) in [4.78, 5) is 0. The smallest absolute Gasteiger partial charge is 0.850 e. The van der Waals surface area contributed by atoms with Crippen molar-refractivity contribution in [2.75, 3.05) is 0 Å². The molecule has 8 heteroatoms. The first kappa shape index (κ1) is 11.2. The summed E-state index contributed by atoms with van der Waals surface area (Å²) in [5.74, 6) is 0. The van der Waals surface area contributed by atoms with E-state index in [-0.39, 0.29) is 40.9 Å². The molecule has 3 nitrogen and oxygen atoms in total. The van der Waals surface area contributed by atoms with Gasteiger partial charge in [-0.2, -0.15) is 18.3 Å². The molecule has 0 saturated carbocycles. The number of nitrogens with zero attached hydrogens (tertiary/aromatic N) is 2. The van der Waals surface area contributed by atoms with Crippen LogP contribution >= 0.6 is 11.3 Å². The van der Waals surface area contributed by atoms with Gasteiger partial charge in [0.2, 0.25) is 5.01 Å². The van der Waals surface area contributed by atoms with E-state index in [1.165, 1.54) is 0 Å². The van der Waals surface area contributed by atoms with E-state index < -0.39 is 16.4 Å². The van der Waals surface area contributed by atoms with E-state index in [1.54, 1.807) is 0 Å². The summed E-state index contributed by atoms with van der Waals surface area (Å²) >= 11 is -0.00810. The summed E-state index contributed by atoms with van der Waals surface area (Å²) in [6.45, 7) is 0. The average molecular weight is 192 g/mol. The molecule has 0 aliphatic heterocycles. The van der Waals surface area contributed by atoms with E-state index in [0.717, 1.165) is 0 Å². The molecule has 0 saturated heterocycles. The molecule has 0 aliphatic rings. The molecule has 0 N–H and O–H groups in total. The van der Waals surface area contributed by atoms with E-state index in [4.69, 9.17) is 0 Å². The number of aromatic nitrogens is 2. The number of rotatable bonds is 0.